The van der Waals surface area contributed by atoms with E-state index in [1.165, 1.54) is 12.3 Å². The minimum Gasteiger partial charge on any atom is -0.457 e. The topological polar surface area (TPSA) is 59.8 Å². The summed E-state index contributed by atoms with van der Waals surface area (Å²) in [4.78, 5) is 26.2. The lowest BCUT2D eigenvalue weighted by atomic mass is 10.1. The van der Waals surface area contributed by atoms with Crippen LogP contribution >= 0.6 is 0 Å². The van der Waals surface area contributed by atoms with Gasteiger partial charge >= 0.3 is 5.97 Å². The standard InChI is InChI=1S/C17H17NO4/c1-11-10-13-6-3-4-7-14(13)18(11)16(19)12(2)22-17(20)15-8-5-9-21-15/h3-9,11-12H,10H2,1-2H3/t11-,12+/m0/s1. The smallest absolute Gasteiger partial charge is 0.374 e. The number of rotatable bonds is 3. The Morgan fingerprint density at radius 2 is 2.05 bits per heavy atom. The molecule has 5 nitrogen and oxygen atoms in total. The van der Waals surface area contributed by atoms with Crippen molar-refractivity contribution in [3.05, 3.63) is 54.0 Å². The van der Waals surface area contributed by atoms with Gasteiger partial charge in [-0.2, -0.15) is 0 Å². The molecule has 0 bridgehead atoms. The third-order valence-electron chi connectivity index (χ3n) is 3.80. The third kappa shape index (κ3) is 2.50. The molecule has 2 aromatic rings. The van der Waals surface area contributed by atoms with Gasteiger partial charge in [0, 0.05) is 11.7 Å². The van der Waals surface area contributed by atoms with Crippen molar-refractivity contribution >= 4 is 17.6 Å². The summed E-state index contributed by atoms with van der Waals surface area (Å²) in [7, 11) is 0. The molecular weight excluding hydrogens is 282 g/mol. The number of amides is 1. The normalized spacial score (nSPS) is 17.9. The highest BCUT2D eigenvalue weighted by Crippen LogP contribution is 2.32. The van der Waals surface area contributed by atoms with Gasteiger partial charge in [0.2, 0.25) is 5.76 Å². The molecule has 5 heteroatoms. The monoisotopic (exact) mass is 299 g/mol. The number of esters is 1. The van der Waals surface area contributed by atoms with Crippen molar-refractivity contribution in [3.8, 4) is 0 Å². The van der Waals surface area contributed by atoms with Crippen molar-refractivity contribution in [2.45, 2.75) is 32.4 Å². The van der Waals surface area contributed by atoms with Crippen LogP contribution in [-0.2, 0) is 16.0 Å². The van der Waals surface area contributed by atoms with E-state index in [0.717, 1.165) is 17.7 Å². The Balaban J connectivity index is 1.75. The quantitative estimate of drug-likeness (QED) is 0.818. The Hall–Kier alpha value is -2.56. The number of hydrogen-bond donors (Lipinski definition) is 0. The van der Waals surface area contributed by atoms with E-state index in [-0.39, 0.29) is 17.7 Å². The summed E-state index contributed by atoms with van der Waals surface area (Å²) in [5.41, 5.74) is 2.02. The molecule has 1 aliphatic rings. The lowest BCUT2D eigenvalue weighted by Gasteiger charge is -2.25. The zero-order valence-electron chi connectivity index (χ0n) is 12.5. The van der Waals surface area contributed by atoms with Crippen LogP contribution in [0, 0.1) is 0 Å². The molecule has 1 aromatic carbocycles. The minimum atomic E-state index is -0.869. The van der Waals surface area contributed by atoms with Gasteiger partial charge in [-0.15, -0.1) is 0 Å². The Kier molecular flexibility index (Phi) is 3.71. The average molecular weight is 299 g/mol. The Morgan fingerprint density at radius 1 is 1.27 bits per heavy atom. The molecule has 0 spiro atoms. The van der Waals surface area contributed by atoms with Gasteiger partial charge in [-0.1, -0.05) is 18.2 Å². The van der Waals surface area contributed by atoms with E-state index in [0.29, 0.717) is 0 Å². The van der Waals surface area contributed by atoms with Crippen molar-refractivity contribution < 1.29 is 18.7 Å². The fourth-order valence-corrected chi connectivity index (χ4v) is 2.76. The van der Waals surface area contributed by atoms with Crippen molar-refractivity contribution in [2.24, 2.45) is 0 Å². The first-order valence-corrected chi connectivity index (χ1v) is 7.23. The number of carbonyl (C=O) groups excluding carboxylic acids is 2. The summed E-state index contributed by atoms with van der Waals surface area (Å²) < 4.78 is 10.2. The number of nitrogens with zero attached hydrogens (tertiary/aromatic N) is 1. The molecule has 0 unspecified atom stereocenters. The van der Waals surface area contributed by atoms with Gasteiger partial charge in [0.1, 0.15) is 0 Å². The maximum absolute atomic E-state index is 12.6. The summed E-state index contributed by atoms with van der Waals surface area (Å²) in [6, 6.07) is 10.9. The fraction of sp³-hybridized carbons (Fsp3) is 0.294. The summed E-state index contributed by atoms with van der Waals surface area (Å²) in [6.45, 7) is 3.57. The zero-order valence-corrected chi connectivity index (χ0v) is 12.5. The number of fused-ring (bicyclic) bond motifs is 1. The number of benzene rings is 1. The Labute approximate surface area is 128 Å². The second-order valence-electron chi connectivity index (χ2n) is 5.41. The van der Waals surface area contributed by atoms with Gasteiger partial charge in [0.25, 0.3) is 5.91 Å². The zero-order chi connectivity index (χ0) is 15.7. The molecular formula is C17H17NO4. The van der Waals surface area contributed by atoms with E-state index in [9.17, 15) is 9.59 Å². The van der Waals surface area contributed by atoms with Crippen LogP contribution in [0.3, 0.4) is 0 Å². The van der Waals surface area contributed by atoms with Gasteiger partial charge in [-0.25, -0.2) is 4.79 Å². The summed E-state index contributed by atoms with van der Waals surface area (Å²) in [5, 5.41) is 0. The fourth-order valence-electron chi connectivity index (χ4n) is 2.76. The highest BCUT2D eigenvalue weighted by Gasteiger charge is 2.34. The summed E-state index contributed by atoms with van der Waals surface area (Å²) in [6.07, 6.45) is 1.33. The molecule has 0 fully saturated rings. The number of anilines is 1. The van der Waals surface area contributed by atoms with E-state index in [2.05, 4.69) is 0 Å². The number of ether oxygens (including phenoxy) is 1. The van der Waals surface area contributed by atoms with E-state index in [1.54, 1.807) is 17.9 Å². The van der Waals surface area contributed by atoms with Gasteiger partial charge in [-0.3, -0.25) is 4.79 Å². The molecule has 1 aromatic heterocycles. The molecule has 0 saturated carbocycles. The molecule has 0 radical (unpaired) electrons. The maximum atomic E-state index is 12.6. The van der Waals surface area contributed by atoms with Crippen LogP contribution < -0.4 is 4.90 Å². The van der Waals surface area contributed by atoms with E-state index >= 15 is 0 Å². The minimum absolute atomic E-state index is 0.0506. The van der Waals surface area contributed by atoms with Crippen LogP contribution in [0.4, 0.5) is 5.69 Å². The van der Waals surface area contributed by atoms with Gasteiger partial charge in [0.15, 0.2) is 6.10 Å². The summed E-state index contributed by atoms with van der Waals surface area (Å²) in [5.74, 6) is -0.766. The van der Waals surface area contributed by atoms with Crippen LogP contribution in [0.15, 0.2) is 47.1 Å². The lowest BCUT2D eigenvalue weighted by molar-refractivity contribution is -0.126. The predicted molar refractivity (Wildman–Crippen MR) is 80.7 cm³/mol. The molecule has 0 saturated heterocycles. The van der Waals surface area contributed by atoms with Crippen LogP contribution in [-0.4, -0.2) is 24.0 Å². The molecule has 1 amide bonds. The average Bonchev–Trinajstić information content (AvgIpc) is 3.13. The second-order valence-corrected chi connectivity index (χ2v) is 5.41. The first-order valence-electron chi connectivity index (χ1n) is 7.23. The summed E-state index contributed by atoms with van der Waals surface area (Å²) >= 11 is 0. The molecule has 0 N–H and O–H groups in total. The largest absolute Gasteiger partial charge is 0.457 e. The molecule has 1 aliphatic heterocycles. The highest BCUT2D eigenvalue weighted by atomic mass is 16.6. The highest BCUT2D eigenvalue weighted by molar-refractivity contribution is 6.00. The van der Waals surface area contributed by atoms with E-state index in [1.807, 2.05) is 31.2 Å². The molecule has 22 heavy (non-hydrogen) atoms. The second kappa shape index (κ2) is 5.67. The third-order valence-corrected chi connectivity index (χ3v) is 3.80. The Bertz CT molecular complexity index is 692. The maximum Gasteiger partial charge on any atom is 0.374 e. The number of carbonyl (C=O) groups is 2. The van der Waals surface area contributed by atoms with Crippen molar-refractivity contribution in [1.82, 2.24) is 0 Å². The molecule has 3 rings (SSSR count). The van der Waals surface area contributed by atoms with Gasteiger partial charge < -0.3 is 14.1 Å². The first-order chi connectivity index (χ1) is 10.6. The number of para-hydroxylation sites is 1. The molecule has 0 aliphatic carbocycles. The number of furan rings is 1. The van der Waals surface area contributed by atoms with Crippen molar-refractivity contribution in [3.63, 3.8) is 0 Å². The molecule has 114 valence electrons. The van der Waals surface area contributed by atoms with Gasteiger partial charge in [0.05, 0.1) is 6.26 Å². The molecule has 2 atom stereocenters. The first kappa shape index (κ1) is 14.4. The van der Waals surface area contributed by atoms with Crippen LogP contribution in [0.5, 0.6) is 0 Å². The van der Waals surface area contributed by atoms with E-state index < -0.39 is 12.1 Å². The number of hydrogen-bond acceptors (Lipinski definition) is 4. The molecule has 2 heterocycles. The van der Waals surface area contributed by atoms with E-state index in [4.69, 9.17) is 9.15 Å². The van der Waals surface area contributed by atoms with Crippen LogP contribution in [0.1, 0.15) is 30.0 Å². The Morgan fingerprint density at radius 3 is 2.77 bits per heavy atom. The lowest BCUT2D eigenvalue weighted by Crippen LogP contribution is -2.43. The predicted octanol–water partition coefficient (Wildman–Crippen LogP) is 2.80. The van der Waals surface area contributed by atoms with Crippen molar-refractivity contribution in [1.29, 1.82) is 0 Å². The van der Waals surface area contributed by atoms with Crippen LogP contribution in [0.2, 0.25) is 0 Å². The SMILES string of the molecule is C[C@@H](OC(=O)c1ccco1)C(=O)N1c2ccccc2C[C@@H]1C. The van der Waals surface area contributed by atoms with Crippen molar-refractivity contribution in [2.75, 3.05) is 4.90 Å². The van der Waals surface area contributed by atoms with Crippen LogP contribution in [0.25, 0.3) is 0 Å². The van der Waals surface area contributed by atoms with Gasteiger partial charge in [-0.05, 0) is 44.0 Å².